The monoisotopic (exact) mass is 365 g/mol. The molecule has 6 nitrogen and oxygen atoms in total. The average Bonchev–Trinajstić information content (AvgIpc) is 2.99. The number of carbonyl (C=O) groups is 1. The van der Waals surface area contributed by atoms with Crippen LogP contribution in [0.15, 0.2) is 24.4 Å². The Labute approximate surface area is 149 Å². The fraction of sp³-hybridized carbons (Fsp3) is 0.667. The summed E-state index contributed by atoms with van der Waals surface area (Å²) in [5, 5.41) is 3.04. The van der Waals surface area contributed by atoms with E-state index in [1.165, 1.54) is 0 Å². The maximum absolute atomic E-state index is 12.3. The van der Waals surface area contributed by atoms with Crippen LogP contribution in [0, 0.1) is 5.92 Å². The van der Waals surface area contributed by atoms with Crippen molar-refractivity contribution in [2.45, 2.75) is 38.1 Å². The van der Waals surface area contributed by atoms with Gasteiger partial charge in [-0.05, 0) is 57.3 Å². The van der Waals surface area contributed by atoms with Crippen molar-refractivity contribution in [3.63, 3.8) is 0 Å². The largest absolute Gasteiger partial charge is 0.356 e. The summed E-state index contributed by atoms with van der Waals surface area (Å²) in [7, 11) is -2.84. The second kappa shape index (κ2) is 8.27. The van der Waals surface area contributed by atoms with Crippen LogP contribution in [0.25, 0.3) is 0 Å². The van der Waals surface area contributed by atoms with Crippen LogP contribution >= 0.6 is 0 Å². The minimum Gasteiger partial charge on any atom is -0.356 e. The minimum absolute atomic E-state index is 0.0594. The highest BCUT2D eigenvalue weighted by atomic mass is 32.2. The van der Waals surface area contributed by atoms with Crippen molar-refractivity contribution >= 4 is 15.7 Å². The van der Waals surface area contributed by atoms with Crippen molar-refractivity contribution in [3.8, 4) is 0 Å². The summed E-state index contributed by atoms with van der Waals surface area (Å²) in [6, 6.07) is 6.04. The Hall–Kier alpha value is -1.47. The highest BCUT2D eigenvalue weighted by Crippen LogP contribution is 2.24. The van der Waals surface area contributed by atoms with Crippen LogP contribution in [0.2, 0.25) is 0 Å². The molecule has 25 heavy (non-hydrogen) atoms. The lowest BCUT2D eigenvalue weighted by Crippen LogP contribution is -2.45. The van der Waals surface area contributed by atoms with Crippen LogP contribution in [0.5, 0.6) is 0 Å². The highest BCUT2D eigenvalue weighted by Gasteiger charge is 2.35. The molecule has 1 amide bonds. The van der Waals surface area contributed by atoms with Crippen molar-refractivity contribution in [1.29, 1.82) is 0 Å². The van der Waals surface area contributed by atoms with Crippen molar-refractivity contribution in [2.24, 2.45) is 5.92 Å². The molecule has 1 aromatic heterocycles. The lowest BCUT2D eigenvalue weighted by atomic mass is 9.94. The number of hydrogen-bond donors (Lipinski definition) is 1. The van der Waals surface area contributed by atoms with Gasteiger partial charge in [-0.15, -0.1) is 0 Å². The number of carbonyl (C=O) groups excluding carboxylic acids is 1. The van der Waals surface area contributed by atoms with Gasteiger partial charge in [0.25, 0.3) is 0 Å². The molecule has 2 aliphatic heterocycles. The van der Waals surface area contributed by atoms with Crippen LogP contribution in [0.4, 0.5) is 0 Å². The summed E-state index contributed by atoms with van der Waals surface area (Å²) in [4.78, 5) is 18.8. The van der Waals surface area contributed by atoms with E-state index >= 15 is 0 Å². The maximum Gasteiger partial charge on any atom is 0.223 e. The van der Waals surface area contributed by atoms with E-state index in [2.05, 4.69) is 15.2 Å². The Bertz CT molecular complexity index is 670. The number of sulfone groups is 1. The number of hydrogen-bond acceptors (Lipinski definition) is 5. The molecule has 2 fully saturated rings. The molecule has 1 aromatic rings. The first-order valence-corrected chi connectivity index (χ1v) is 11.0. The van der Waals surface area contributed by atoms with Gasteiger partial charge in [-0.25, -0.2) is 8.42 Å². The molecule has 138 valence electrons. The molecule has 2 aliphatic rings. The van der Waals surface area contributed by atoms with Crippen LogP contribution < -0.4 is 5.32 Å². The number of amides is 1. The minimum atomic E-state index is -2.84. The molecular weight excluding hydrogens is 338 g/mol. The molecule has 1 unspecified atom stereocenters. The number of likely N-dealkylation sites (tertiary alicyclic amines) is 1. The number of aryl methyl sites for hydroxylation is 1. The number of rotatable bonds is 6. The summed E-state index contributed by atoms with van der Waals surface area (Å²) in [6.07, 6.45) is 5.94. The van der Waals surface area contributed by atoms with Gasteiger partial charge >= 0.3 is 0 Å². The van der Waals surface area contributed by atoms with Crippen molar-refractivity contribution in [1.82, 2.24) is 15.2 Å². The summed E-state index contributed by atoms with van der Waals surface area (Å²) in [6.45, 7) is 2.33. The van der Waals surface area contributed by atoms with E-state index in [9.17, 15) is 13.2 Å². The van der Waals surface area contributed by atoms with Crippen molar-refractivity contribution in [2.75, 3.05) is 31.1 Å². The molecule has 7 heteroatoms. The van der Waals surface area contributed by atoms with E-state index in [-0.39, 0.29) is 23.6 Å². The lowest BCUT2D eigenvalue weighted by molar-refractivity contribution is -0.126. The van der Waals surface area contributed by atoms with Crippen LogP contribution in [0.1, 0.15) is 31.4 Å². The Morgan fingerprint density at radius 2 is 2.04 bits per heavy atom. The standard InChI is InChI=1S/C18H27N3O3S/c22-18(20-10-3-5-16-4-1-2-9-19-16)15-6-11-21(12-7-15)17-8-13-25(23,24)14-17/h1-2,4,9,15,17H,3,5-8,10-14H2,(H,20,22). The van der Waals surface area contributed by atoms with Gasteiger partial charge in [0.2, 0.25) is 5.91 Å². The third-order valence-electron chi connectivity index (χ3n) is 5.26. The molecule has 3 heterocycles. The molecule has 0 aliphatic carbocycles. The van der Waals surface area contributed by atoms with E-state index in [0.717, 1.165) is 50.9 Å². The number of nitrogens with zero attached hydrogens (tertiary/aromatic N) is 2. The molecular formula is C18H27N3O3S. The van der Waals surface area contributed by atoms with Gasteiger partial charge in [0.15, 0.2) is 9.84 Å². The van der Waals surface area contributed by atoms with Gasteiger partial charge in [0.1, 0.15) is 0 Å². The first-order chi connectivity index (χ1) is 12.0. The Kier molecular flexibility index (Phi) is 6.06. The molecule has 0 aromatic carbocycles. The first kappa shape index (κ1) is 18.3. The number of pyridine rings is 1. The van der Waals surface area contributed by atoms with E-state index in [1.807, 2.05) is 18.2 Å². The fourth-order valence-electron chi connectivity index (χ4n) is 3.76. The van der Waals surface area contributed by atoms with Gasteiger partial charge in [0, 0.05) is 30.4 Å². The van der Waals surface area contributed by atoms with Gasteiger partial charge in [-0.2, -0.15) is 0 Å². The van der Waals surface area contributed by atoms with Gasteiger partial charge in [0.05, 0.1) is 11.5 Å². The zero-order chi connectivity index (χ0) is 17.7. The second-order valence-corrected chi connectivity index (χ2v) is 9.31. The predicted molar refractivity (Wildman–Crippen MR) is 96.9 cm³/mol. The molecule has 3 rings (SSSR count). The molecule has 1 atom stereocenters. The molecule has 0 bridgehead atoms. The third-order valence-corrected chi connectivity index (χ3v) is 7.01. The zero-order valence-corrected chi connectivity index (χ0v) is 15.4. The summed E-state index contributed by atoms with van der Waals surface area (Å²) in [5.74, 6) is 0.801. The fourth-order valence-corrected chi connectivity index (χ4v) is 5.52. The normalized spacial score (nSPS) is 24.2. The smallest absolute Gasteiger partial charge is 0.223 e. The molecule has 0 radical (unpaired) electrons. The number of piperidine rings is 1. The summed E-state index contributed by atoms with van der Waals surface area (Å²) in [5.41, 5.74) is 1.05. The Balaban J connectivity index is 1.34. The molecule has 1 N–H and O–H groups in total. The predicted octanol–water partition coefficient (Wildman–Crippen LogP) is 1.03. The van der Waals surface area contributed by atoms with Crippen molar-refractivity contribution in [3.05, 3.63) is 30.1 Å². The summed E-state index contributed by atoms with van der Waals surface area (Å²) < 4.78 is 23.2. The topological polar surface area (TPSA) is 79.4 Å². The van der Waals surface area contributed by atoms with E-state index in [0.29, 0.717) is 12.3 Å². The van der Waals surface area contributed by atoms with E-state index < -0.39 is 9.84 Å². The molecule has 0 spiro atoms. The van der Waals surface area contributed by atoms with Gasteiger partial charge in [-0.3, -0.25) is 14.7 Å². The third kappa shape index (κ3) is 5.25. The SMILES string of the molecule is O=C(NCCCc1ccccn1)C1CCN(C2CCS(=O)(=O)C2)CC1. The first-order valence-electron chi connectivity index (χ1n) is 9.15. The van der Waals surface area contributed by atoms with E-state index in [1.54, 1.807) is 6.20 Å². The molecule has 2 saturated heterocycles. The number of nitrogens with one attached hydrogen (secondary N) is 1. The maximum atomic E-state index is 12.3. The number of aromatic nitrogens is 1. The van der Waals surface area contributed by atoms with Gasteiger partial charge < -0.3 is 5.32 Å². The van der Waals surface area contributed by atoms with Crippen LogP contribution in [-0.4, -0.2) is 61.4 Å². The average molecular weight is 365 g/mol. The van der Waals surface area contributed by atoms with Crippen LogP contribution in [-0.2, 0) is 21.1 Å². The van der Waals surface area contributed by atoms with E-state index in [4.69, 9.17) is 0 Å². The zero-order valence-electron chi connectivity index (χ0n) is 14.6. The second-order valence-electron chi connectivity index (χ2n) is 7.08. The summed E-state index contributed by atoms with van der Waals surface area (Å²) >= 11 is 0. The Morgan fingerprint density at radius 3 is 2.68 bits per heavy atom. The molecule has 0 saturated carbocycles. The lowest BCUT2D eigenvalue weighted by Gasteiger charge is -2.34. The Morgan fingerprint density at radius 1 is 1.24 bits per heavy atom. The quantitative estimate of drug-likeness (QED) is 0.762. The van der Waals surface area contributed by atoms with Crippen molar-refractivity contribution < 1.29 is 13.2 Å². The van der Waals surface area contributed by atoms with Crippen LogP contribution in [0.3, 0.4) is 0 Å². The highest BCUT2D eigenvalue weighted by molar-refractivity contribution is 7.91. The van der Waals surface area contributed by atoms with Gasteiger partial charge in [-0.1, -0.05) is 6.07 Å².